The van der Waals surface area contributed by atoms with Crippen molar-refractivity contribution in [1.82, 2.24) is 4.72 Å². The minimum Gasteiger partial charge on any atom is -0.465 e. The average Bonchev–Trinajstić information content (AvgIpc) is 2.51. The third-order valence-corrected chi connectivity index (χ3v) is 5.59. The summed E-state index contributed by atoms with van der Waals surface area (Å²) in [6.45, 7) is 13.6. The Bertz CT molecular complexity index is 677. The summed E-state index contributed by atoms with van der Waals surface area (Å²) in [6.07, 6.45) is 0. The van der Waals surface area contributed by atoms with E-state index in [1.165, 1.54) is 0 Å². The molecule has 0 radical (unpaired) electrons. The van der Waals surface area contributed by atoms with Crippen molar-refractivity contribution >= 4 is 16.0 Å². The van der Waals surface area contributed by atoms with Gasteiger partial charge in [0.15, 0.2) is 0 Å². The lowest BCUT2D eigenvalue weighted by Gasteiger charge is -2.22. The van der Waals surface area contributed by atoms with Gasteiger partial charge in [-0.15, -0.1) is 0 Å². The predicted octanol–water partition coefficient (Wildman–Crippen LogP) is 3.90. The molecular formula is C19H31NO4S. The SMILES string of the molecule is CCOC(=O)CNS(=O)(=O)c1c(C(C)C)cc(C(C)C)cc1C(C)C. The quantitative estimate of drug-likeness (QED) is 0.706. The van der Waals surface area contributed by atoms with Gasteiger partial charge in [0.05, 0.1) is 11.5 Å². The molecule has 142 valence electrons. The third-order valence-electron chi connectivity index (χ3n) is 4.06. The number of rotatable bonds is 8. The molecule has 0 atom stereocenters. The van der Waals surface area contributed by atoms with Gasteiger partial charge in [0.2, 0.25) is 10.0 Å². The second kappa shape index (κ2) is 8.81. The van der Waals surface area contributed by atoms with E-state index in [0.717, 1.165) is 16.7 Å². The number of nitrogens with one attached hydrogen (secondary N) is 1. The molecule has 0 aliphatic rings. The number of hydrogen-bond acceptors (Lipinski definition) is 4. The number of hydrogen-bond donors (Lipinski definition) is 1. The maximum atomic E-state index is 13.0. The highest BCUT2D eigenvalue weighted by molar-refractivity contribution is 7.89. The van der Waals surface area contributed by atoms with Crippen molar-refractivity contribution in [2.75, 3.05) is 13.2 Å². The molecule has 1 rings (SSSR count). The fourth-order valence-electron chi connectivity index (χ4n) is 2.64. The van der Waals surface area contributed by atoms with E-state index in [9.17, 15) is 13.2 Å². The summed E-state index contributed by atoms with van der Waals surface area (Å²) < 4.78 is 33.1. The Morgan fingerprint density at radius 3 is 1.84 bits per heavy atom. The maximum absolute atomic E-state index is 13.0. The largest absolute Gasteiger partial charge is 0.465 e. The molecule has 0 aliphatic carbocycles. The molecule has 0 amide bonds. The molecule has 25 heavy (non-hydrogen) atoms. The second-order valence-electron chi connectivity index (χ2n) is 7.12. The van der Waals surface area contributed by atoms with E-state index in [-0.39, 0.29) is 25.0 Å². The number of ether oxygens (including phenoxy) is 1. The Balaban J connectivity index is 3.47. The van der Waals surface area contributed by atoms with E-state index in [0.29, 0.717) is 10.8 Å². The lowest BCUT2D eigenvalue weighted by atomic mass is 9.89. The highest BCUT2D eigenvalue weighted by Crippen LogP contribution is 2.34. The molecule has 0 fully saturated rings. The number of carbonyl (C=O) groups excluding carboxylic acids is 1. The summed E-state index contributed by atoms with van der Waals surface area (Å²) >= 11 is 0. The summed E-state index contributed by atoms with van der Waals surface area (Å²) in [5.41, 5.74) is 2.69. The number of benzene rings is 1. The zero-order valence-corrected chi connectivity index (χ0v) is 17.2. The van der Waals surface area contributed by atoms with Crippen LogP contribution in [0.25, 0.3) is 0 Å². The lowest BCUT2D eigenvalue weighted by Crippen LogP contribution is -2.32. The average molecular weight is 370 g/mol. The van der Waals surface area contributed by atoms with Crippen molar-refractivity contribution in [3.8, 4) is 0 Å². The van der Waals surface area contributed by atoms with Gasteiger partial charge in [-0.3, -0.25) is 4.79 Å². The molecule has 0 saturated heterocycles. The van der Waals surface area contributed by atoms with Gasteiger partial charge in [0.1, 0.15) is 6.54 Å². The summed E-state index contributed by atoms with van der Waals surface area (Å²) in [4.78, 5) is 11.9. The molecule has 6 heteroatoms. The number of carbonyl (C=O) groups is 1. The molecule has 1 aromatic rings. The molecular weight excluding hydrogens is 338 g/mol. The van der Waals surface area contributed by atoms with Crippen LogP contribution >= 0.6 is 0 Å². The summed E-state index contributed by atoms with van der Waals surface area (Å²) in [5.74, 6) is -0.183. The van der Waals surface area contributed by atoms with Crippen LogP contribution in [0.4, 0.5) is 0 Å². The minimum absolute atomic E-state index is 0.0466. The van der Waals surface area contributed by atoms with Crippen molar-refractivity contribution in [2.24, 2.45) is 0 Å². The number of esters is 1. The van der Waals surface area contributed by atoms with Crippen LogP contribution in [-0.4, -0.2) is 27.5 Å². The molecule has 0 unspecified atom stereocenters. The Morgan fingerprint density at radius 1 is 1.00 bits per heavy atom. The van der Waals surface area contributed by atoms with Gasteiger partial charge in [0.25, 0.3) is 0 Å². The maximum Gasteiger partial charge on any atom is 0.321 e. The minimum atomic E-state index is -3.82. The van der Waals surface area contributed by atoms with Crippen LogP contribution in [0.3, 0.4) is 0 Å². The Kier molecular flexibility index (Phi) is 7.62. The molecule has 0 spiro atoms. The molecule has 0 aliphatic heterocycles. The normalized spacial score (nSPS) is 12.2. The fourth-order valence-corrected chi connectivity index (χ4v) is 4.30. The molecule has 5 nitrogen and oxygen atoms in total. The van der Waals surface area contributed by atoms with E-state index in [1.807, 2.05) is 39.8 Å². The molecule has 0 bridgehead atoms. The number of sulfonamides is 1. The van der Waals surface area contributed by atoms with Crippen molar-refractivity contribution in [1.29, 1.82) is 0 Å². The third kappa shape index (κ3) is 5.54. The molecule has 1 aromatic carbocycles. The van der Waals surface area contributed by atoms with E-state index < -0.39 is 16.0 Å². The first-order valence-corrected chi connectivity index (χ1v) is 10.3. The van der Waals surface area contributed by atoms with E-state index in [4.69, 9.17) is 4.74 Å². The van der Waals surface area contributed by atoms with E-state index in [2.05, 4.69) is 18.6 Å². The van der Waals surface area contributed by atoms with E-state index >= 15 is 0 Å². The van der Waals surface area contributed by atoms with Crippen molar-refractivity contribution < 1.29 is 17.9 Å². The smallest absolute Gasteiger partial charge is 0.321 e. The van der Waals surface area contributed by atoms with Gasteiger partial charge >= 0.3 is 5.97 Å². The summed E-state index contributed by atoms with van der Waals surface area (Å²) in [5, 5.41) is 0. The van der Waals surface area contributed by atoms with Crippen molar-refractivity contribution in [3.05, 3.63) is 28.8 Å². The van der Waals surface area contributed by atoms with Crippen LogP contribution in [0.15, 0.2) is 17.0 Å². The fraction of sp³-hybridized carbons (Fsp3) is 0.632. The van der Waals surface area contributed by atoms with Gasteiger partial charge in [-0.25, -0.2) is 8.42 Å². The van der Waals surface area contributed by atoms with Crippen molar-refractivity contribution in [3.63, 3.8) is 0 Å². The standard InChI is InChI=1S/C19H31NO4S/c1-8-24-18(21)11-20-25(22,23)19-16(13(4)5)9-15(12(2)3)10-17(19)14(6)7/h9-10,12-14,20H,8,11H2,1-7H3. The van der Waals surface area contributed by atoms with Gasteiger partial charge in [-0.2, -0.15) is 4.72 Å². The topological polar surface area (TPSA) is 72.5 Å². The van der Waals surface area contributed by atoms with Crippen LogP contribution < -0.4 is 4.72 Å². The zero-order chi connectivity index (χ0) is 19.4. The van der Waals surface area contributed by atoms with Gasteiger partial charge in [-0.05, 0) is 41.4 Å². The summed E-state index contributed by atoms with van der Waals surface area (Å²) in [7, 11) is -3.82. The molecule has 0 saturated carbocycles. The summed E-state index contributed by atoms with van der Waals surface area (Å²) in [6, 6.07) is 3.94. The Morgan fingerprint density at radius 2 is 1.48 bits per heavy atom. The zero-order valence-electron chi connectivity index (χ0n) is 16.3. The highest BCUT2D eigenvalue weighted by atomic mass is 32.2. The first-order valence-electron chi connectivity index (χ1n) is 8.84. The van der Waals surface area contributed by atoms with Gasteiger partial charge in [0, 0.05) is 0 Å². The highest BCUT2D eigenvalue weighted by Gasteiger charge is 2.27. The molecule has 1 N–H and O–H groups in total. The first kappa shape index (κ1) is 21.6. The molecule has 0 aromatic heterocycles. The van der Waals surface area contributed by atoms with Crippen LogP contribution in [0.5, 0.6) is 0 Å². The van der Waals surface area contributed by atoms with Gasteiger partial charge < -0.3 is 4.74 Å². The van der Waals surface area contributed by atoms with Crippen LogP contribution in [0, 0.1) is 0 Å². The van der Waals surface area contributed by atoms with Crippen LogP contribution in [-0.2, 0) is 19.6 Å². The predicted molar refractivity (Wildman–Crippen MR) is 101 cm³/mol. The molecule has 0 heterocycles. The Labute approximate surface area is 152 Å². The first-order chi connectivity index (χ1) is 11.5. The van der Waals surface area contributed by atoms with Crippen LogP contribution in [0.2, 0.25) is 0 Å². The monoisotopic (exact) mass is 369 g/mol. The second-order valence-corrected chi connectivity index (χ2v) is 8.83. The van der Waals surface area contributed by atoms with E-state index in [1.54, 1.807) is 6.92 Å². The Hall–Kier alpha value is -1.40. The van der Waals surface area contributed by atoms with Crippen molar-refractivity contribution in [2.45, 2.75) is 71.1 Å². The lowest BCUT2D eigenvalue weighted by molar-refractivity contribution is -0.141. The van der Waals surface area contributed by atoms with Crippen LogP contribution in [0.1, 0.15) is 82.9 Å². The van der Waals surface area contributed by atoms with Gasteiger partial charge in [-0.1, -0.05) is 53.7 Å².